The molecule has 0 amide bonds. The van der Waals surface area contributed by atoms with Crippen molar-refractivity contribution in [2.24, 2.45) is 0 Å². The number of nitro groups is 1. The molecule has 0 aliphatic rings. The van der Waals surface area contributed by atoms with Gasteiger partial charge in [0, 0.05) is 6.42 Å². The van der Waals surface area contributed by atoms with E-state index in [1.807, 2.05) is 0 Å². The van der Waals surface area contributed by atoms with Crippen LogP contribution in [0.25, 0.3) is 0 Å². The zero-order chi connectivity index (χ0) is 10.1. The monoisotopic (exact) mass is 189 g/mol. The molecule has 78 valence electrons. The Bertz CT molecular complexity index is 139. The Morgan fingerprint density at radius 3 is 2.31 bits per heavy atom. The normalized spacial score (nSPS) is 12.8. The largest absolute Gasteiger partial charge is 0.333 e. The molecule has 0 saturated carbocycles. The molecule has 4 nitrogen and oxygen atoms in total. The molecule has 1 N–H and O–H groups in total. The summed E-state index contributed by atoms with van der Waals surface area (Å²) in [5.41, 5.74) is 0. The first-order valence-corrected chi connectivity index (χ1v) is 5.00. The van der Waals surface area contributed by atoms with Gasteiger partial charge in [-0.05, 0) is 6.42 Å². The molecule has 0 spiro atoms. The van der Waals surface area contributed by atoms with Gasteiger partial charge in [0.15, 0.2) is 0 Å². The van der Waals surface area contributed by atoms with E-state index in [9.17, 15) is 10.1 Å². The lowest BCUT2D eigenvalue weighted by atomic mass is 10.1. The van der Waals surface area contributed by atoms with Crippen molar-refractivity contribution in [1.29, 1.82) is 0 Å². The van der Waals surface area contributed by atoms with Gasteiger partial charge in [0.25, 0.3) is 0 Å². The summed E-state index contributed by atoms with van der Waals surface area (Å²) in [6, 6.07) is 0. The number of hydrogen-bond donors (Lipinski definition) is 1. The first kappa shape index (κ1) is 12.4. The Morgan fingerprint density at radius 2 is 1.77 bits per heavy atom. The van der Waals surface area contributed by atoms with Crippen LogP contribution in [0.15, 0.2) is 0 Å². The van der Waals surface area contributed by atoms with Crippen molar-refractivity contribution >= 4 is 0 Å². The number of rotatable bonds is 8. The summed E-state index contributed by atoms with van der Waals surface area (Å²) in [6.45, 7) is 2.15. The molecule has 0 heterocycles. The molecule has 0 aliphatic carbocycles. The van der Waals surface area contributed by atoms with Crippen LogP contribution in [0.3, 0.4) is 0 Å². The quantitative estimate of drug-likeness (QED) is 0.276. The molecule has 0 rings (SSSR count). The highest BCUT2D eigenvalue weighted by Gasteiger charge is 2.13. The van der Waals surface area contributed by atoms with Crippen molar-refractivity contribution in [3.63, 3.8) is 0 Å². The third-order valence-electron chi connectivity index (χ3n) is 2.06. The molecule has 1 atom stereocenters. The molecule has 4 heteroatoms. The highest BCUT2D eigenvalue weighted by Crippen LogP contribution is 2.08. The van der Waals surface area contributed by atoms with Crippen LogP contribution in [0, 0.1) is 10.1 Å². The second-order valence-electron chi connectivity index (χ2n) is 3.32. The number of hydrogen-bond acceptors (Lipinski definition) is 3. The first-order chi connectivity index (χ1) is 6.18. The minimum absolute atomic E-state index is 0.291. The molecule has 13 heavy (non-hydrogen) atoms. The van der Waals surface area contributed by atoms with Crippen molar-refractivity contribution in [2.45, 2.75) is 58.1 Å². The van der Waals surface area contributed by atoms with Crippen LogP contribution in [0.2, 0.25) is 0 Å². The van der Waals surface area contributed by atoms with Crippen LogP contribution in [-0.4, -0.2) is 16.3 Å². The SMILES string of the molecule is CCCCCCCCC(O)[N+](=O)[O-]. The molecule has 0 aromatic carbocycles. The summed E-state index contributed by atoms with van der Waals surface area (Å²) in [6.07, 6.45) is 5.44. The van der Waals surface area contributed by atoms with Gasteiger partial charge in [-0.1, -0.05) is 39.0 Å². The predicted molar refractivity (Wildman–Crippen MR) is 51.0 cm³/mol. The average molecular weight is 189 g/mol. The highest BCUT2D eigenvalue weighted by molar-refractivity contribution is 4.46. The molecule has 0 saturated heterocycles. The number of aliphatic hydroxyl groups excluding tert-OH is 1. The van der Waals surface area contributed by atoms with Crippen LogP contribution in [0.1, 0.15) is 51.9 Å². The van der Waals surface area contributed by atoms with E-state index in [4.69, 9.17) is 5.11 Å². The Labute approximate surface area is 79.1 Å². The lowest BCUT2D eigenvalue weighted by Gasteiger charge is -2.02. The van der Waals surface area contributed by atoms with E-state index in [1.54, 1.807) is 0 Å². The number of unbranched alkanes of at least 4 members (excludes halogenated alkanes) is 5. The molecule has 0 bridgehead atoms. The lowest BCUT2D eigenvalue weighted by Crippen LogP contribution is -2.17. The Hall–Kier alpha value is -0.640. The summed E-state index contributed by atoms with van der Waals surface area (Å²) in [4.78, 5) is 9.39. The van der Waals surface area contributed by atoms with Crippen LogP contribution in [0.4, 0.5) is 0 Å². The zero-order valence-corrected chi connectivity index (χ0v) is 8.24. The summed E-state index contributed by atoms with van der Waals surface area (Å²) in [5.74, 6) is 0. The van der Waals surface area contributed by atoms with E-state index in [1.165, 1.54) is 19.3 Å². The highest BCUT2D eigenvalue weighted by atomic mass is 16.7. The van der Waals surface area contributed by atoms with Crippen molar-refractivity contribution < 1.29 is 10.0 Å². The van der Waals surface area contributed by atoms with Crippen molar-refractivity contribution in [3.05, 3.63) is 10.1 Å². The van der Waals surface area contributed by atoms with Gasteiger partial charge in [-0.25, -0.2) is 0 Å². The van der Waals surface area contributed by atoms with Crippen molar-refractivity contribution in [2.75, 3.05) is 0 Å². The van der Waals surface area contributed by atoms with Gasteiger partial charge in [0.05, 0.1) is 4.92 Å². The molecular weight excluding hydrogens is 170 g/mol. The van der Waals surface area contributed by atoms with Crippen molar-refractivity contribution in [3.8, 4) is 0 Å². The lowest BCUT2D eigenvalue weighted by molar-refractivity contribution is -0.571. The van der Waals surface area contributed by atoms with Crippen molar-refractivity contribution in [1.82, 2.24) is 0 Å². The topological polar surface area (TPSA) is 63.4 Å². The van der Waals surface area contributed by atoms with Gasteiger partial charge in [0.2, 0.25) is 0 Å². The van der Waals surface area contributed by atoms with Crippen LogP contribution >= 0.6 is 0 Å². The molecule has 0 radical (unpaired) electrons. The summed E-state index contributed by atoms with van der Waals surface area (Å²) < 4.78 is 0. The fourth-order valence-electron chi connectivity index (χ4n) is 1.21. The maximum Gasteiger partial charge on any atom is 0.312 e. The molecule has 1 unspecified atom stereocenters. The van der Waals surface area contributed by atoms with E-state index in [0.717, 1.165) is 19.3 Å². The zero-order valence-electron chi connectivity index (χ0n) is 8.24. The van der Waals surface area contributed by atoms with Gasteiger partial charge in [-0.2, -0.15) is 0 Å². The second kappa shape index (κ2) is 7.98. The Balaban J connectivity index is 3.11. The molecular formula is C9H19NO3. The van der Waals surface area contributed by atoms with E-state index in [-0.39, 0.29) is 0 Å². The van der Waals surface area contributed by atoms with E-state index in [0.29, 0.717) is 6.42 Å². The van der Waals surface area contributed by atoms with Crippen LogP contribution < -0.4 is 0 Å². The third-order valence-corrected chi connectivity index (χ3v) is 2.06. The standard InChI is InChI=1S/C9H19NO3/c1-2-3-4-5-6-7-8-9(11)10(12)13/h9,11H,2-8H2,1H3. The summed E-state index contributed by atoms with van der Waals surface area (Å²) in [7, 11) is 0. The minimum Gasteiger partial charge on any atom is -0.333 e. The first-order valence-electron chi connectivity index (χ1n) is 5.00. The average Bonchev–Trinajstić information content (AvgIpc) is 2.10. The van der Waals surface area contributed by atoms with E-state index < -0.39 is 11.2 Å². The van der Waals surface area contributed by atoms with E-state index >= 15 is 0 Å². The van der Waals surface area contributed by atoms with Gasteiger partial charge in [-0.15, -0.1) is 0 Å². The Kier molecular flexibility index (Phi) is 7.59. The Morgan fingerprint density at radius 1 is 1.23 bits per heavy atom. The van der Waals surface area contributed by atoms with Gasteiger partial charge < -0.3 is 5.11 Å². The van der Waals surface area contributed by atoms with Gasteiger partial charge in [0.1, 0.15) is 0 Å². The fraction of sp³-hybridized carbons (Fsp3) is 1.00. The molecule has 0 aliphatic heterocycles. The van der Waals surface area contributed by atoms with Crippen LogP contribution in [0.5, 0.6) is 0 Å². The molecule has 0 aromatic rings. The smallest absolute Gasteiger partial charge is 0.312 e. The maximum atomic E-state index is 10.0. The third kappa shape index (κ3) is 7.71. The second-order valence-corrected chi connectivity index (χ2v) is 3.32. The predicted octanol–water partition coefficient (Wildman–Crippen LogP) is 2.33. The fourth-order valence-corrected chi connectivity index (χ4v) is 1.21. The minimum atomic E-state index is -1.36. The summed E-state index contributed by atoms with van der Waals surface area (Å²) >= 11 is 0. The van der Waals surface area contributed by atoms with Gasteiger partial charge >= 0.3 is 6.23 Å². The van der Waals surface area contributed by atoms with Gasteiger partial charge in [-0.3, -0.25) is 10.1 Å². The van der Waals surface area contributed by atoms with Crippen LogP contribution in [-0.2, 0) is 0 Å². The summed E-state index contributed by atoms with van der Waals surface area (Å²) in [5, 5.41) is 18.9. The maximum absolute atomic E-state index is 10.0. The number of nitrogens with zero attached hydrogens (tertiary/aromatic N) is 1. The molecule has 0 fully saturated rings. The molecule has 0 aromatic heterocycles. The van der Waals surface area contributed by atoms with E-state index in [2.05, 4.69) is 6.92 Å². The number of aliphatic hydroxyl groups is 1.